The van der Waals surface area contributed by atoms with Crippen molar-refractivity contribution in [2.45, 2.75) is 6.61 Å². The Balaban J connectivity index is 2.51. The van der Waals surface area contributed by atoms with Gasteiger partial charge in [-0.05, 0) is 6.07 Å². The third kappa shape index (κ3) is 1.41. The van der Waals surface area contributed by atoms with E-state index in [0.717, 1.165) is 11.3 Å². The number of nitrogens with zero attached hydrogens (tertiary/aromatic N) is 4. The second kappa shape index (κ2) is 3.32. The van der Waals surface area contributed by atoms with Crippen molar-refractivity contribution in [2.24, 2.45) is 0 Å². The average molecular weight is 176 g/mol. The Bertz CT molecular complexity index is 385. The third-order valence-corrected chi connectivity index (χ3v) is 1.72. The summed E-state index contributed by atoms with van der Waals surface area (Å²) < 4.78 is 1.57. The molecular formula is C8H8N4O. The number of aliphatic hydroxyl groups excluding tert-OH is 1. The summed E-state index contributed by atoms with van der Waals surface area (Å²) >= 11 is 0. The van der Waals surface area contributed by atoms with Crippen LogP contribution < -0.4 is 0 Å². The predicted octanol–water partition coefficient (Wildman–Crippen LogP) is 0.155. The molecule has 0 aromatic carbocycles. The van der Waals surface area contributed by atoms with Crippen LogP contribution in [0.2, 0.25) is 0 Å². The van der Waals surface area contributed by atoms with Crippen LogP contribution in [0.15, 0.2) is 31.1 Å². The molecule has 0 aliphatic carbocycles. The molecular weight excluding hydrogens is 168 g/mol. The van der Waals surface area contributed by atoms with Crippen LogP contribution in [0.4, 0.5) is 0 Å². The van der Waals surface area contributed by atoms with Crippen LogP contribution >= 0.6 is 0 Å². The van der Waals surface area contributed by atoms with Crippen molar-refractivity contribution >= 4 is 0 Å². The summed E-state index contributed by atoms with van der Waals surface area (Å²) in [5.41, 5.74) is 1.53. The molecule has 5 nitrogen and oxygen atoms in total. The van der Waals surface area contributed by atoms with Gasteiger partial charge >= 0.3 is 0 Å². The number of aliphatic hydroxyl groups is 1. The van der Waals surface area contributed by atoms with Gasteiger partial charge in [0.25, 0.3) is 0 Å². The molecule has 2 aromatic heterocycles. The zero-order valence-corrected chi connectivity index (χ0v) is 6.83. The van der Waals surface area contributed by atoms with Gasteiger partial charge in [0.2, 0.25) is 0 Å². The zero-order chi connectivity index (χ0) is 9.10. The zero-order valence-electron chi connectivity index (χ0n) is 6.83. The third-order valence-electron chi connectivity index (χ3n) is 1.72. The molecule has 0 saturated carbocycles. The Kier molecular flexibility index (Phi) is 2.01. The molecule has 2 aromatic rings. The minimum absolute atomic E-state index is 0.0300. The normalized spacial score (nSPS) is 10.2. The summed E-state index contributed by atoms with van der Waals surface area (Å²) in [6.07, 6.45) is 6.27. The van der Waals surface area contributed by atoms with Crippen LogP contribution in [-0.4, -0.2) is 24.9 Å². The quantitative estimate of drug-likeness (QED) is 0.707. The fourth-order valence-electron chi connectivity index (χ4n) is 1.09. The summed E-state index contributed by atoms with van der Waals surface area (Å²) in [5.74, 6) is 0. The molecule has 0 aliphatic heterocycles. The van der Waals surface area contributed by atoms with Crippen molar-refractivity contribution in [3.63, 3.8) is 0 Å². The van der Waals surface area contributed by atoms with Crippen molar-refractivity contribution in [3.8, 4) is 5.69 Å². The highest BCUT2D eigenvalue weighted by molar-refractivity contribution is 5.36. The van der Waals surface area contributed by atoms with Gasteiger partial charge in [-0.2, -0.15) is 5.10 Å². The smallest absolute Gasteiger partial charge is 0.138 e. The molecule has 0 bridgehead atoms. The van der Waals surface area contributed by atoms with E-state index in [1.807, 2.05) is 0 Å². The van der Waals surface area contributed by atoms with E-state index in [1.54, 1.807) is 29.5 Å². The monoisotopic (exact) mass is 176 g/mol. The lowest BCUT2D eigenvalue weighted by atomic mass is 10.2. The fraction of sp³-hybridized carbons (Fsp3) is 0.125. The SMILES string of the molecule is OCc1ccncc1-n1cncn1. The van der Waals surface area contributed by atoms with E-state index in [-0.39, 0.29) is 6.61 Å². The predicted molar refractivity (Wildman–Crippen MR) is 45.1 cm³/mol. The molecule has 5 heteroatoms. The van der Waals surface area contributed by atoms with E-state index in [2.05, 4.69) is 15.1 Å². The van der Waals surface area contributed by atoms with Crippen molar-refractivity contribution in [1.29, 1.82) is 0 Å². The molecule has 1 N–H and O–H groups in total. The van der Waals surface area contributed by atoms with Gasteiger partial charge in [0.1, 0.15) is 12.7 Å². The summed E-state index contributed by atoms with van der Waals surface area (Å²) in [5, 5.41) is 13.0. The molecule has 0 saturated heterocycles. The van der Waals surface area contributed by atoms with Gasteiger partial charge in [-0.1, -0.05) is 0 Å². The average Bonchev–Trinajstić information content (AvgIpc) is 2.70. The first-order valence-electron chi connectivity index (χ1n) is 3.80. The second-order valence-electron chi connectivity index (χ2n) is 2.50. The Labute approximate surface area is 74.7 Å². The summed E-state index contributed by atoms with van der Waals surface area (Å²) in [4.78, 5) is 7.77. The lowest BCUT2D eigenvalue weighted by Crippen LogP contribution is -2.00. The second-order valence-corrected chi connectivity index (χ2v) is 2.50. The standard InChI is InChI=1S/C8H8N4O/c13-4-7-1-2-9-3-8(7)12-6-10-5-11-12/h1-3,5-6,13H,4H2. The largest absolute Gasteiger partial charge is 0.392 e. The molecule has 0 aliphatic rings. The number of aromatic nitrogens is 4. The fourth-order valence-corrected chi connectivity index (χ4v) is 1.09. The number of rotatable bonds is 2. The van der Waals surface area contributed by atoms with Gasteiger partial charge in [0, 0.05) is 11.8 Å². The molecule has 0 fully saturated rings. The van der Waals surface area contributed by atoms with Crippen LogP contribution in [0.1, 0.15) is 5.56 Å². The van der Waals surface area contributed by atoms with Gasteiger partial charge in [-0.15, -0.1) is 0 Å². The van der Waals surface area contributed by atoms with E-state index in [9.17, 15) is 0 Å². The Morgan fingerprint density at radius 1 is 1.38 bits per heavy atom. The Morgan fingerprint density at radius 3 is 3.00 bits per heavy atom. The number of pyridine rings is 1. The molecule has 13 heavy (non-hydrogen) atoms. The maximum absolute atomic E-state index is 9.03. The molecule has 0 radical (unpaired) electrons. The number of hydrogen-bond donors (Lipinski definition) is 1. The van der Waals surface area contributed by atoms with Gasteiger partial charge in [-0.3, -0.25) is 4.98 Å². The minimum atomic E-state index is -0.0300. The summed E-state index contributed by atoms with van der Waals surface area (Å²) in [7, 11) is 0. The maximum atomic E-state index is 9.03. The van der Waals surface area contributed by atoms with Crippen molar-refractivity contribution in [2.75, 3.05) is 0 Å². The lowest BCUT2D eigenvalue weighted by Gasteiger charge is -2.04. The van der Waals surface area contributed by atoms with Gasteiger partial charge in [0.05, 0.1) is 18.5 Å². The summed E-state index contributed by atoms with van der Waals surface area (Å²) in [6.45, 7) is -0.0300. The van der Waals surface area contributed by atoms with Crippen molar-refractivity contribution in [1.82, 2.24) is 19.7 Å². The Morgan fingerprint density at radius 2 is 2.31 bits per heavy atom. The van der Waals surface area contributed by atoms with Crippen LogP contribution in [0.3, 0.4) is 0 Å². The number of hydrogen-bond acceptors (Lipinski definition) is 4. The van der Waals surface area contributed by atoms with Crippen molar-refractivity contribution in [3.05, 3.63) is 36.7 Å². The van der Waals surface area contributed by atoms with Gasteiger partial charge in [0.15, 0.2) is 0 Å². The molecule has 0 unspecified atom stereocenters. The van der Waals surface area contributed by atoms with Gasteiger partial charge < -0.3 is 5.11 Å². The van der Waals surface area contributed by atoms with E-state index in [0.29, 0.717) is 0 Å². The van der Waals surface area contributed by atoms with Crippen LogP contribution in [0.25, 0.3) is 5.69 Å². The van der Waals surface area contributed by atoms with E-state index in [4.69, 9.17) is 5.11 Å². The minimum Gasteiger partial charge on any atom is -0.392 e. The highest BCUT2D eigenvalue weighted by atomic mass is 16.3. The van der Waals surface area contributed by atoms with Crippen LogP contribution in [-0.2, 0) is 6.61 Å². The van der Waals surface area contributed by atoms with Crippen molar-refractivity contribution < 1.29 is 5.11 Å². The van der Waals surface area contributed by atoms with E-state index < -0.39 is 0 Å². The van der Waals surface area contributed by atoms with Crippen LogP contribution in [0, 0.1) is 0 Å². The highest BCUT2D eigenvalue weighted by Gasteiger charge is 2.02. The van der Waals surface area contributed by atoms with E-state index >= 15 is 0 Å². The molecule has 0 atom stereocenters. The summed E-state index contributed by atoms with van der Waals surface area (Å²) in [6, 6.07) is 1.75. The molecule has 2 heterocycles. The molecule has 0 spiro atoms. The van der Waals surface area contributed by atoms with E-state index in [1.165, 1.54) is 6.33 Å². The van der Waals surface area contributed by atoms with Crippen LogP contribution in [0.5, 0.6) is 0 Å². The first-order valence-corrected chi connectivity index (χ1v) is 3.80. The highest BCUT2D eigenvalue weighted by Crippen LogP contribution is 2.10. The first kappa shape index (κ1) is 7.88. The first-order chi connectivity index (χ1) is 6.42. The van der Waals surface area contributed by atoms with Gasteiger partial charge in [-0.25, -0.2) is 9.67 Å². The molecule has 0 amide bonds. The topological polar surface area (TPSA) is 63.8 Å². The molecule has 66 valence electrons. The lowest BCUT2D eigenvalue weighted by molar-refractivity contribution is 0.281. The molecule has 2 rings (SSSR count). The maximum Gasteiger partial charge on any atom is 0.138 e. The Hall–Kier alpha value is -1.75.